The Bertz CT molecular complexity index is 1270. The van der Waals surface area contributed by atoms with Gasteiger partial charge in [0.25, 0.3) is 0 Å². The van der Waals surface area contributed by atoms with Gasteiger partial charge in [0.1, 0.15) is 29.0 Å². The van der Waals surface area contributed by atoms with Gasteiger partial charge in [-0.25, -0.2) is 24.7 Å². The summed E-state index contributed by atoms with van der Waals surface area (Å²) >= 11 is 0. The Labute approximate surface area is 199 Å². The van der Waals surface area contributed by atoms with E-state index in [2.05, 4.69) is 25.2 Å². The maximum atomic E-state index is 12.8. The molecule has 0 atom stereocenters. The summed E-state index contributed by atoms with van der Waals surface area (Å²) in [6.07, 6.45) is -1.46. The summed E-state index contributed by atoms with van der Waals surface area (Å²) in [5, 5.41) is 2.98. The van der Waals surface area contributed by atoms with Gasteiger partial charge in [-0.05, 0) is 51.5 Å². The molecule has 2 fully saturated rings. The van der Waals surface area contributed by atoms with Crippen molar-refractivity contribution >= 4 is 34.4 Å². The molecule has 12 heteroatoms. The summed E-state index contributed by atoms with van der Waals surface area (Å²) in [6, 6.07) is 5.85. The van der Waals surface area contributed by atoms with Crippen molar-refractivity contribution in [2.45, 2.75) is 44.5 Å². The number of likely N-dealkylation sites (tertiary alicyclic amines) is 1. The molecule has 5 rings (SSSR count). The molecule has 2 aliphatic heterocycles. The van der Waals surface area contributed by atoms with Gasteiger partial charge in [-0.3, -0.25) is 4.90 Å². The highest BCUT2D eigenvalue weighted by molar-refractivity contribution is 5.88. The van der Waals surface area contributed by atoms with Crippen LogP contribution in [-0.4, -0.2) is 61.7 Å². The molecule has 0 bridgehead atoms. The van der Waals surface area contributed by atoms with Crippen LogP contribution in [0.1, 0.15) is 32.9 Å². The molecule has 2 saturated heterocycles. The van der Waals surface area contributed by atoms with Gasteiger partial charge in [0.05, 0.1) is 22.9 Å². The number of hydrogen-bond acceptors (Lipinski definition) is 8. The van der Waals surface area contributed by atoms with Gasteiger partial charge in [0.15, 0.2) is 5.82 Å². The van der Waals surface area contributed by atoms with Crippen LogP contribution in [0, 0.1) is 0 Å². The quantitative estimate of drug-likeness (QED) is 0.582. The predicted octanol–water partition coefficient (Wildman–Crippen LogP) is 4.38. The first-order valence-electron chi connectivity index (χ1n) is 11.1. The average molecular weight is 487 g/mol. The standard InChI is InChI=1S/C23H24F3N7O2/c1-21(2,3)35-20(34)33-9-8-22(33)11-32(12-22)17-7-5-15-18(31-17)19(29-13-28-15)30-14-4-6-16(27-10-14)23(24,25)26/h4-7,10,13H,8-9,11-12H2,1-3H3,(H,28,29,30). The summed E-state index contributed by atoms with van der Waals surface area (Å²) in [6.45, 7) is 7.46. The molecule has 0 radical (unpaired) electrons. The summed E-state index contributed by atoms with van der Waals surface area (Å²) < 4.78 is 43.9. The highest BCUT2D eigenvalue weighted by atomic mass is 19.4. The molecule has 35 heavy (non-hydrogen) atoms. The fraction of sp³-hybridized carbons (Fsp3) is 0.435. The number of carbonyl (C=O) groups is 1. The van der Waals surface area contributed by atoms with E-state index >= 15 is 0 Å². The molecule has 2 aliphatic rings. The zero-order valence-electron chi connectivity index (χ0n) is 19.4. The Hall–Kier alpha value is -3.70. The van der Waals surface area contributed by atoms with E-state index in [0.717, 1.165) is 18.7 Å². The highest BCUT2D eigenvalue weighted by Gasteiger charge is 2.56. The third kappa shape index (κ3) is 4.40. The number of rotatable bonds is 3. The second-order valence-corrected chi connectivity index (χ2v) is 9.78. The van der Waals surface area contributed by atoms with E-state index in [1.165, 1.54) is 12.4 Å². The fourth-order valence-electron chi connectivity index (χ4n) is 4.27. The molecule has 9 nitrogen and oxygen atoms in total. The van der Waals surface area contributed by atoms with E-state index in [1.54, 1.807) is 4.90 Å². The SMILES string of the molecule is CC(C)(C)OC(=O)N1CCC12CN(c1ccc3ncnc(Nc4ccc(C(F)(F)F)nc4)c3n1)C2. The van der Waals surface area contributed by atoms with E-state index in [1.807, 2.05) is 32.9 Å². The zero-order valence-corrected chi connectivity index (χ0v) is 19.4. The number of amides is 1. The molecule has 1 N–H and O–H groups in total. The monoisotopic (exact) mass is 487 g/mol. The molecule has 1 amide bonds. The van der Waals surface area contributed by atoms with Crippen LogP contribution >= 0.6 is 0 Å². The lowest BCUT2D eigenvalue weighted by atomic mass is 9.78. The zero-order chi connectivity index (χ0) is 25.0. The van der Waals surface area contributed by atoms with Crippen molar-refractivity contribution in [2.24, 2.45) is 0 Å². The number of fused-ring (bicyclic) bond motifs is 1. The Morgan fingerprint density at radius 3 is 2.46 bits per heavy atom. The first-order chi connectivity index (χ1) is 16.4. The molecule has 0 aromatic carbocycles. The molecule has 0 saturated carbocycles. The minimum Gasteiger partial charge on any atom is -0.444 e. The lowest BCUT2D eigenvalue weighted by Gasteiger charge is -2.62. The number of hydrogen-bond donors (Lipinski definition) is 1. The topological polar surface area (TPSA) is 96.4 Å². The second kappa shape index (κ2) is 7.92. The van der Waals surface area contributed by atoms with Crippen molar-refractivity contribution in [1.29, 1.82) is 0 Å². The van der Waals surface area contributed by atoms with Gasteiger partial charge in [0.2, 0.25) is 0 Å². The van der Waals surface area contributed by atoms with Gasteiger partial charge in [0, 0.05) is 19.6 Å². The van der Waals surface area contributed by atoms with Crippen molar-refractivity contribution in [3.05, 3.63) is 42.5 Å². The summed E-state index contributed by atoms with van der Waals surface area (Å²) in [7, 11) is 0. The number of nitrogens with one attached hydrogen (secondary N) is 1. The van der Waals surface area contributed by atoms with Gasteiger partial charge >= 0.3 is 12.3 Å². The average Bonchev–Trinajstić information content (AvgIpc) is 2.71. The summed E-state index contributed by atoms with van der Waals surface area (Å²) in [5.74, 6) is 1.05. The van der Waals surface area contributed by atoms with Crippen molar-refractivity contribution < 1.29 is 22.7 Å². The number of nitrogens with zero attached hydrogens (tertiary/aromatic N) is 6. The molecule has 3 aromatic heterocycles. The van der Waals surface area contributed by atoms with Gasteiger partial charge in [-0.1, -0.05) is 0 Å². The van der Waals surface area contributed by atoms with Gasteiger partial charge in [-0.2, -0.15) is 13.2 Å². The van der Waals surface area contributed by atoms with Crippen LogP contribution in [0.3, 0.4) is 0 Å². The van der Waals surface area contributed by atoms with E-state index in [-0.39, 0.29) is 11.6 Å². The van der Waals surface area contributed by atoms with Crippen LogP contribution in [0.2, 0.25) is 0 Å². The van der Waals surface area contributed by atoms with Crippen LogP contribution in [0.5, 0.6) is 0 Å². The number of anilines is 3. The van der Waals surface area contributed by atoms with Crippen molar-refractivity contribution in [3.8, 4) is 0 Å². The molecule has 1 spiro atoms. The molecule has 5 heterocycles. The lowest BCUT2D eigenvalue weighted by molar-refractivity contribution is -0.141. The third-order valence-corrected chi connectivity index (χ3v) is 6.07. The number of carbonyl (C=O) groups excluding carboxylic acids is 1. The minimum atomic E-state index is -4.51. The Kier molecular flexibility index (Phi) is 5.22. The van der Waals surface area contributed by atoms with Gasteiger partial charge in [-0.15, -0.1) is 0 Å². The number of halogens is 3. The molecule has 0 aliphatic carbocycles. The number of alkyl halides is 3. The third-order valence-electron chi connectivity index (χ3n) is 6.07. The maximum Gasteiger partial charge on any atom is 0.433 e. The normalized spacial score (nSPS) is 17.2. The molecule has 0 unspecified atom stereocenters. The highest BCUT2D eigenvalue weighted by Crippen LogP contribution is 2.42. The fourth-order valence-corrected chi connectivity index (χ4v) is 4.27. The van der Waals surface area contributed by atoms with Crippen molar-refractivity contribution in [2.75, 3.05) is 29.9 Å². The number of ether oxygens (including phenoxy) is 1. The van der Waals surface area contributed by atoms with Crippen LogP contribution in [-0.2, 0) is 10.9 Å². The van der Waals surface area contributed by atoms with Crippen molar-refractivity contribution in [1.82, 2.24) is 24.8 Å². The molecular weight excluding hydrogens is 463 g/mol. The second-order valence-electron chi connectivity index (χ2n) is 9.78. The maximum absolute atomic E-state index is 12.8. The predicted molar refractivity (Wildman–Crippen MR) is 122 cm³/mol. The number of pyridine rings is 2. The molecule has 3 aromatic rings. The smallest absolute Gasteiger partial charge is 0.433 e. The summed E-state index contributed by atoms with van der Waals surface area (Å²) in [5.41, 5.74) is -0.374. The lowest BCUT2D eigenvalue weighted by Crippen LogP contribution is -2.78. The van der Waals surface area contributed by atoms with Crippen molar-refractivity contribution in [3.63, 3.8) is 0 Å². The van der Waals surface area contributed by atoms with Crippen LogP contribution in [0.4, 0.5) is 35.3 Å². The van der Waals surface area contributed by atoms with Crippen LogP contribution < -0.4 is 10.2 Å². The molecular formula is C23H24F3N7O2. The van der Waals surface area contributed by atoms with E-state index in [4.69, 9.17) is 9.72 Å². The Morgan fingerprint density at radius 1 is 1.09 bits per heavy atom. The van der Waals surface area contributed by atoms with Crippen LogP contribution in [0.25, 0.3) is 11.0 Å². The molecule has 184 valence electrons. The van der Waals surface area contributed by atoms with E-state index < -0.39 is 17.5 Å². The number of aromatic nitrogens is 4. The van der Waals surface area contributed by atoms with Crippen LogP contribution in [0.15, 0.2) is 36.8 Å². The van der Waals surface area contributed by atoms with E-state index in [9.17, 15) is 18.0 Å². The Balaban J connectivity index is 1.33. The van der Waals surface area contributed by atoms with Gasteiger partial charge < -0.3 is 15.0 Å². The minimum absolute atomic E-state index is 0.251. The largest absolute Gasteiger partial charge is 0.444 e. The first-order valence-corrected chi connectivity index (χ1v) is 11.1. The summed E-state index contributed by atoms with van der Waals surface area (Å²) in [4.78, 5) is 33.0. The first kappa shape index (κ1) is 23.1. The Morgan fingerprint density at radius 2 is 1.86 bits per heavy atom. The van der Waals surface area contributed by atoms with E-state index in [0.29, 0.717) is 48.0 Å².